The number of rotatable bonds is 6. The van der Waals surface area contributed by atoms with Gasteiger partial charge in [-0.05, 0) is 55.7 Å². The normalized spacial score (nSPS) is 11.1. The van der Waals surface area contributed by atoms with E-state index in [2.05, 4.69) is 29.9 Å². The van der Waals surface area contributed by atoms with Crippen molar-refractivity contribution >= 4 is 23.3 Å². The predicted octanol–water partition coefficient (Wildman–Crippen LogP) is 4.75. The van der Waals surface area contributed by atoms with E-state index in [0.29, 0.717) is 16.2 Å². The molecule has 0 bridgehead atoms. The highest BCUT2D eigenvalue weighted by Crippen LogP contribution is 2.31. The third kappa shape index (κ3) is 4.12. The summed E-state index contributed by atoms with van der Waals surface area (Å²) >= 11 is 1.41. The van der Waals surface area contributed by atoms with Crippen molar-refractivity contribution in [3.63, 3.8) is 0 Å². The van der Waals surface area contributed by atoms with E-state index in [4.69, 9.17) is 4.74 Å². The molecular formula is C22H22N2O3S. The first-order valence-electron chi connectivity index (χ1n) is 8.84. The Kier molecular flexibility index (Phi) is 5.90. The van der Waals surface area contributed by atoms with Gasteiger partial charge >= 0.3 is 0 Å². The molecule has 0 fully saturated rings. The van der Waals surface area contributed by atoms with Gasteiger partial charge in [0.2, 0.25) is 0 Å². The van der Waals surface area contributed by atoms with E-state index in [1.807, 2.05) is 19.1 Å². The summed E-state index contributed by atoms with van der Waals surface area (Å²) in [4.78, 5) is 22.1. The second-order valence-electron chi connectivity index (χ2n) is 6.51. The number of thiazole rings is 1. The molecule has 1 N–H and O–H groups in total. The lowest BCUT2D eigenvalue weighted by molar-refractivity contribution is 0.100. The Balaban J connectivity index is 1.75. The van der Waals surface area contributed by atoms with E-state index in [0.717, 1.165) is 16.3 Å². The maximum Gasteiger partial charge on any atom is 0.196 e. The van der Waals surface area contributed by atoms with Crippen LogP contribution in [0.1, 0.15) is 32.1 Å². The van der Waals surface area contributed by atoms with E-state index in [1.165, 1.54) is 29.6 Å². The van der Waals surface area contributed by atoms with Crippen molar-refractivity contribution in [1.29, 1.82) is 0 Å². The van der Waals surface area contributed by atoms with Gasteiger partial charge in [0.1, 0.15) is 11.6 Å². The van der Waals surface area contributed by atoms with Crippen LogP contribution >= 0.6 is 11.3 Å². The van der Waals surface area contributed by atoms with Gasteiger partial charge in [0, 0.05) is 11.8 Å². The summed E-state index contributed by atoms with van der Waals surface area (Å²) in [6.07, 6.45) is 1.57. The molecule has 144 valence electrons. The van der Waals surface area contributed by atoms with Gasteiger partial charge in [-0.1, -0.05) is 18.2 Å². The van der Waals surface area contributed by atoms with Crippen LogP contribution in [0.2, 0.25) is 0 Å². The minimum absolute atomic E-state index is 0.0298. The second-order valence-corrected chi connectivity index (χ2v) is 7.50. The monoisotopic (exact) mass is 394 g/mol. The Morgan fingerprint density at radius 3 is 2.75 bits per heavy atom. The molecule has 0 aliphatic carbocycles. The van der Waals surface area contributed by atoms with Gasteiger partial charge in [0.25, 0.3) is 0 Å². The van der Waals surface area contributed by atoms with Crippen LogP contribution in [0.3, 0.4) is 0 Å². The summed E-state index contributed by atoms with van der Waals surface area (Å²) in [5.74, 6) is 0.363. The number of carbonyl (C=O) groups excluding carboxylic acids is 1. The van der Waals surface area contributed by atoms with Gasteiger partial charge in [-0.2, -0.15) is 0 Å². The topological polar surface area (TPSA) is 71.8 Å². The number of aliphatic imine (C=N–C) groups is 1. The number of aromatic nitrogens is 1. The molecule has 3 aromatic rings. The van der Waals surface area contributed by atoms with E-state index >= 15 is 0 Å². The maximum atomic E-state index is 12.6. The molecule has 0 saturated carbocycles. The Labute approximate surface area is 168 Å². The Bertz CT molecular complexity index is 1050. The molecular weight excluding hydrogens is 372 g/mol. The Hall–Kier alpha value is -2.99. The van der Waals surface area contributed by atoms with Crippen LogP contribution in [-0.4, -0.2) is 35.7 Å². The van der Waals surface area contributed by atoms with E-state index in [9.17, 15) is 9.90 Å². The van der Waals surface area contributed by atoms with Crippen LogP contribution in [0.25, 0.3) is 10.6 Å². The highest BCUT2D eigenvalue weighted by Gasteiger charge is 2.17. The molecule has 1 heterocycles. The molecule has 0 saturated heterocycles. The zero-order valence-electron chi connectivity index (χ0n) is 16.3. The number of methoxy groups -OCH3 is 1. The summed E-state index contributed by atoms with van der Waals surface area (Å²) in [7, 11) is 1.49. The summed E-state index contributed by atoms with van der Waals surface area (Å²) in [6.45, 7) is 6.01. The van der Waals surface area contributed by atoms with Crippen LogP contribution < -0.4 is 4.74 Å². The fraction of sp³-hybridized carbons (Fsp3) is 0.227. The van der Waals surface area contributed by atoms with Crippen molar-refractivity contribution in [2.75, 3.05) is 13.7 Å². The van der Waals surface area contributed by atoms with Gasteiger partial charge in [0.05, 0.1) is 17.7 Å². The quantitative estimate of drug-likeness (QED) is 0.484. The molecule has 5 nitrogen and oxygen atoms in total. The molecule has 3 rings (SSSR count). The van der Waals surface area contributed by atoms with Gasteiger partial charge in [-0.25, -0.2) is 4.98 Å². The molecule has 28 heavy (non-hydrogen) atoms. The molecule has 2 aromatic carbocycles. The molecule has 1 aromatic heterocycles. The number of phenolic OH excluding ortho intramolecular Hbond substituents is 1. The largest absolute Gasteiger partial charge is 0.504 e. The first-order valence-corrected chi connectivity index (χ1v) is 9.66. The highest BCUT2D eigenvalue weighted by atomic mass is 32.1. The van der Waals surface area contributed by atoms with Crippen LogP contribution in [0.5, 0.6) is 11.5 Å². The average molecular weight is 394 g/mol. The van der Waals surface area contributed by atoms with Gasteiger partial charge in [-0.3, -0.25) is 9.79 Å². The van der Waals surface area contributed by atoms with Crippen molar-refractivity contribution in [1.82, 2.24) is 4.98 Å². The maximum absolute atomic E-state index is 12.6. The van der Waals surface area contributed by atoms with E-state index < -0.39 is 0 Å². The SMILES string of the molecule is COc1ccc(C=NCC(=O)c2sc(-c3cccc(C)c3C)nc2C)cc1O. The first kappa shape index (κ1) is 19.8. The number of Topliss-reactive ketones (excluding diaryl/α,β-unsaturated/α-hetero) is 1. The van der Waals surface area contributed by atoms with Crippen molar-refractivity contribution in [3.05, 3.63) is 63.7 Å². The molecule has 0 unspecified atom stereocenters. The molecule has 0 radical (unpaired) electrons. The Morgan fingerprint density at radius 1 is 1.25 bits per heavy atom. The zero-order chi connectivity index (χ0) is 20.3. The molecule has 0 aliphatic rings. The first-order chi connectivity index (χ1) is 13.4. The third-order valence-electron chi connectivity index (χ3n) is 4.56. The minimum atomic E-state index is -0.0689. The van der Waals surface area contributed by atoms with Crippen LogP contribution in [-0.2, 0) is 0 Å². The third-order valence-corrected chi connectivity index (χ3v) is 5.79. The number of aromatic hydroxyl groups is 1. The number of hydrogen-bond acceptors (Lipinski definition) is 6. The minimum Gasteiger partial charge on any atom is -0.504 e. The highest BCUT2D eigenvalue weighted by molar-refractivity contribution is 7.17. The standard InChI is InChI=1S/C22H22N2O3S/c1-13-6-5-7-17(14(13)2)22-24-15(3)21(28-22)19(26)12-23-11-16-8-9-20(27-4)18(25)10-16/h5-11,25H,12H2,1-4H3. The number of hydrogen-bond donors (Lipinski definition) is 1. The van der Waals surface area contributed by atoms with Gasteiger partial charge in [0.15, 0.2) is 17.3 Å². The fourth-order valence-corrected chi connectivity index (χ4v) is 3.92. The number of ketones is 1. The number of benzene rings is 2. The smallest absolute Gasteiger partial charge is 0.196 e. The number of ether oxygens (including phenoxy) is 1. The van der Waals surface area contributed by atoms with Gasteiger partial charge < -0.3 is 9.84 Å². The predicted molar refractivity (Wildman–Crippen MR) is 113 cm³/mol. The molecule has 0 spiro atoms. The summed E-state index contributed by atoms with van der Waals surface area (Å²) in [5, 5.41) is 10.7. The van der Waals surface area contributed by atoms with Crippen LogP contribution in [0.15, 0.2) is 41.4 Å². The average Bonchev–Trinajstić information content (AvgIpc) is 3.05. The Morgan fingerprint density at radius 2 is 2.04 bits per heavy atom. The van der Waals surface area contributed by atoms with E-state index in [-0.39, 0.29) is 18.1 Å². The lowest BCUT2D eigenvalue weighted by Crippen LogP contribution is -2.03. The number of carbonyl (C=O) groups is 1. The molecule has 0 aliphatic heterocycles. The summed E-state index contributed by atoms with van der Waals surface area (Å²) in [5.41, 5.74) is 4.86. The van der Waals surface area contributed by atoms with Crippen molar-refractivity contribution in [2.45, 2.75) is 20.8 Å². The van der Waals surface area contributed by atoms with Crippen LogP contribution in [0, 0.1) is 20.8 Å². The number of nitrogens with zero attached hydrogens (tertiary/aromatic N) is 2. The van der Waals surface area contributed by atoms with Crippen molar-refractivity contribution < 1.29 is 14.6 Å². The number of phenols is 1. The molecule has 0 atom stereocenters. The zero-order valence-corrected chi connectivity index (χ0v) is 17.1. The lowest BCUT2D eigenvalue weighted by Gasteiger charge is -2.04. The fourth-order valence-electron chi connectivity index (χ4n) is 2.85. The van der Waals surface area contributed by atoms with E-state index in [1.54, 1.807) is 24.4 Å². The van der Waals surface area contributed by atoms with Crippen molar-refractivity contribution in [3.8, 4) is 22.1 Å². The summed E-state index contributed by atoms with van der Waals surface area (Å²) < 4.78 is 5.01. The molecule has 6 heteroatoms. The van der Waals surface area contributed by atoms with Crippen LogP contribution in [0.4, 0.5) is 0 Å². The van der Waals surface area contributed by atoms with Crippen molar-refractivity contribution in [2.24, 2.45) is 4.99 Å². The second kappa shape index (κ2) is 8.35. The van der Waals surface area contributed by atoms with Gasteiger partial charge in [-0.15, -0.1) is 11.3 Å². The lowest BCUT2D eigenvalue weighted by atomic mass is 10.0. The summed E-state index contributed by atoms with van der Waals surface area (Å²) in [6, 6.07) is 11.1. The number of aryl methyl sites for hydroxylation is 2. The molecule has 0 amide bonds.